The van der Waals surface area contributed by atoms with Crippen LogP contribution in [0.5, 0.6) is 0 Å². The molecule has 0 bridgehead atoms. The van der Waals surface area contributed by atoms with Crippen molar-refractivity contribution >= 4 is 5.91 Å². The highest BCUT2D eigenvalue weighted by Gasteiger charge is 2.42. The molecule has 3 atom stereocenters. The molecule has 2 aliphatic rings. The number of benzene rings is 1. The summed E-state index contributed by atoms with van der Waals surface area (Å²) in [6.07, 6.45) is 2.15. The van der Waals surface area contributed by atoms with Gasteiger partial charge in [-0.05, 0) is 42.9 Å². The van der Waals surface area contributed by atoms with Crippen LogP contribution in [0.1, 0.15) is 28.8 Å². The molecule has 2 fully saturated rings. The number of amides is 1. The van der Waals surface area contributed by atoms with Gasteiger partial charge in [-0.3, -0.25) is 4.79 Å². The first-order valence-corrected chi connectivity index (χ1v) is 8.50. The van der Waals surface area contributed by atoms with Gasteiger partial charge in [0.15, 0.2) is 0 Å². The molecule has 24 heavy (non-hydrogen) atoms. The maximum Gasteiger partial charge on any atom is 0.253 e. The second kappa shape index (κ2) is 7.59. The van der Waals surface area contributed by atoms with Gasteiger partial charge in [0.1, 0.15) is 5.82 Å². The van der Waals surface area contributed by atoms with Gasteiger partial charge in [-0.25, -0.2) is 4.39 Å². The van der Waals surface area contributed by atoms with Crippen LogP contribution in [0, 0.1) is 17.7 Å². The van der Waals surface area contributed by atoms with Crippen molar-refractivity contribution in [1.29, 1.82) is 0 Å². The fourth-order valence-corrected chi connectivity index (χ4v) is 3.80. The summed E-state index contributed by atoms with van der Waals surface area (Å²) in [5, 5.41) is 0. The van der Waals surface area contributed by atoms with E-state index in [0.29, 0.717) is 42.7 Å². The topological polar surface area (TPSA) is 64.8 Å². The van der Waals surface area contributed by atoms with E-state index in [1.54, 1.807) is 19.2 Å². The Morgan fingerprint density at radius 2 is 2.17 bits per heavy atom. The van der Waals surface area contributed by atoms with Crippen molar-refractivity contribution in [1.82, 2.24) is 4.90 Å². The highest BCUT2D eigenvalue weighted by molar-refractivity contribution is 5.94. The minimum Gasteiger partial charge on any atom is -0.382 e. The number of halogens is 1. The molecule has 6 heteroatoms. The Bertz CT molecular complexity index is 596. The number of carbonyl (C=O) groups excluding carboxylic acids is 1. The molecule has 3 rings (SSSR count). The van der Waals surface area contributed by atoms with Gasteiger partial charge in [0.25, 0.3) is 5.91 Å². The van der Waals surface area contributed by atoms with Gasteiger partial charge in [-0.15, -0.1) is 0 Å². The lowest BCUT2D eigenvalue weighted by atomic mass is 9.98. The second-order valence-corrected chi connectivity index (χ2v) is 6.73. The third kappa shape index (κ3) is 3.61. The van der Waals surface area contributed by atoms with E-state index in [1.165, 1.54) is 6.07 Å². The molecule has 1 heterocycles. The van der Waals surface area contributed by atoms with Crippen LogP contribution in [0.2, 0.25) is 0 Å². The first kappa shape index (κ1) is 17.3. The first-order valence-electron chi connectivity index (χ1n) is 8.50. The molecule has 0 aromatic heterocycles. The van der Waals surface area contributed by atoms with Gasteiger partial charge in [-0.1, -0.05) is 0 Å². The van der Waals surface area contributed by atoms with E-state index < -0.39 is 0 Å². The molecule has 1 saturated heterocycles. The van der Waals surface area contributed by atoms with E-state index in [4.69, 9.17) is 15.2 Å². The molecule has 1 amide bonds. The SMILES string of the molecule is COCCOCc1cc(C(=O)N2CC3CCC(N)C3C2)ccc1F. The number of nitrogens with zero attached hydrogens (tertiary/aromatic N) is 1. The standard InChI is InChI=1S/C18H25FN2O3/c1-23-6-7-24-11-14-8-12(2-4-16(14)19)18(22)21-9-13-3-5-17(20)15(13)10-21/h2,4,8,13,15,17H,3,5-7,9-11,20H2,1H3. The summed E-state index contributed by atoms with van der Waals surface area (Å²) < 4.78 is 24.2. The summed E-state index contributed by atoms with van der Waals surface area (Å²) in [6.45, 7) is 2.45. The van der Waals surface area contributed by atoms with Crippen molar-refractivity contribution in [3.05, 3.63) is 35.1 Å². The maximum atomic E-state index is 13.9. The average Bonchev–Trinajstić information content (AvgIpc) is 3.15. The summed E-state index contributed by atoms with van der Waals surface area (Å²) in [4.78, 5) is 14.6. The third-order valence-corrected chi connectivity index (χ3v) is 5.18. The monoisotopic (exact) mass is 336 g/mol. The largest absolute Gasteiger partial charge is 0.382 e. The van der Waals surface area contributed by atoms with Gasteiger partial charge >= 0.3 is 0 Å². The molecule has 0 spiro atoms. The van der Waals surface area contributed by atoms with Crippen LogP contribution in [-0.4, -0.2) is 50.3 Å². The maximum absolute atomic E-state index is 13.9. The Morgan fingerprint density at radius 3 is 2.92 bits per heavy atom. The predicted molar refractivity (Wildman–Crippen MR) is 88.0 cm³/mol. The van der Waals surface area contributed by atoms with Crippen LogP contribution < -0.4 is 5.73 Å². The molecular formula is C18H25FN2O3. The first-order chi connectivity index (χ1) is 11.6. The van der Waals surface area contributed by atoms with Crippen molar-refractivity contribution in [3.63, 3.8) is 0 Å². The van der Waals surface area contributed by atoms with Crippen LogP contribution in [-0.2, 0) is 16.1 Å². The molecule has 1 aromatic rings. The zero-order valence-electron chi connectivity index (χ0n) is 14.0. The lowest BCUT2D eigenvalue weighted by Crippen LogP contribution is -2.33. The summed E-state index contributed by atoms with van der Waals surface area (Å²) >= 11 is 0. The zero-order chi connectivity index (χ0) is 17.1. The molecule has 1 saturated carbocycles. The summed E-state index contributed by atoms with van der Waals surface area (Å²) in [5.74, 6) is 0.520. The molecule has 0 radical (unpaired) electrons. The lowest BCUT2D eigenvalue weighted by molar-refractivity contribution is 0.0603. The summed E-state index contributed by atoms with van der Waals surface area (Å²) in [6, 6.07) is 4.68. The molecule has 2 N–H and O–H groups in total. The zero-order valence-corrected chi connectivity index (χ0v) is 14.0. The number of hydrogen-bond acceptors (Lipinski definition) is 4. The lowest BCUT2D eigenvalue weighted by Gasteiger charge is -2.19. The van der Waals surface area contributed by atoms with E-state index in [9.17, 15) is 9.18 Å². The van der Waals surface area contributed by atoms with Crippen LogP contribution in [0.15, 0.2) is 18.2 Å². The molecular weight excluding hydrogens is 311 g/mol. The number of methoxy groups -OCH3 is 1. The normalized spacial score (nSPS) is 26.0. The van der Waals surface area contributed by atoms with E-state index >= 15 is 0 Å². The number of fused-ring (bicyclic) bond motifs is 1. The van der Waals surface area contributed by atoms with Gasteiger partial charge < -0.3 is 20.1 Å². The molecule has 1 aliphatic heterocycles. The highest BCUT2D eigenvalue weighted by atomic mass is 19.1. The van der Waals surface area contributed by atoms with Gasteiger partial charge in [0.2, 0.25) is 0 Å². The second-order valence-electron chi connectivity index (χ2n) is 6.73. The minimum atomic E-state index is -0.357. The summed E-state index contributed by atoms with van der Waals surface area (Å²) in [5.41, 5.74) is 7.04. The number of hydrogen-bond donors (Lipinski definition) is 1. The van der Waals surface area contributed by atoms with Crippen LogP contribution >= 0.6 is 0 Å². The fraction of sp³-hybridized carbons (Fsp3) is 0.611. The summed E-state index contributed by atoms with van der Waals surface area (Å²) in [7, 11) is 1.58. The van der Waals surface area contributed by atoms with E-state index in [-0.39, 0.29) is 24.4 Å². The fourth-order valence-electron chi connectivity index (χ4n) is 3.80. The average molecular weight is 336 g/mol. The molecule has 1 aromatic carbocycles. The van der Waals surface area contributed by atoms with Crippen molar-refractivity contribution in [2.75, 3.05) is 33.4 Å². The molecule has 3 unspecified atom stereocenters. The van der Waals surface area contributed by atoms with Crippen molar-refractivity contribution in [2.45, 2.75) is 25.5 Å². The Hall–Kier alpha value is -1.50. The Morgan fingerprint density at radius 1 is 1.33 bits per heavy atom. The Labute approximate surface area is 141 Å². The number of likely N-dealkylation sites (tertiary alicyclic amines) is 1. The Kier molecular flexibility index (Phi) is 5.48. The van der Waals surface area contributed by atoms with Gasteiger partial charge in [-0.2, -0.15) is 0 Å². The van der Waals surface area contributed by atoms with E-state index in [2.05, 4.69) is 0 Å². The Balaban J connectivity index is 1.65. The van der Waals surface area contributed by atoms with Gasteiger partial charge in [0, 0.05) is 37.4 Å². The number of nitrogens with two attached hydrogens (primary N) is 1. The van der Waals surface area contributed by atoms with E-state index in [0.717, 1.165) is 19.4 Å². The van der Waals surface area contributed by atoms with Crippen molar-refractivity contribution in [3.8, 4) is 0 Å². The number of rotatable bonds is 6. The van der Waals surface area contributed by atoms with Gasteiger partial charge in [0.05, 0.1) is 19.8 Å². The predicted octanol–water partition coefficient (Wildman–Crippen LogP) is 1.80. The minimum absolute atomic E-state index is 0.0465. The molecule has 1 aliphatic carbocycles. The smallest absolute Gasteiger partial charge is 0.253 e. The van der Waals surface area contributed by atoms with Crippen LogP contribution in [0.25, 0.3) is 0 Å². The number of carbonyl (C=O) groups is 1. The van der Waals surface area contributed by atoms with Crippen molar-refractivity contribution < 1.29 is 18.7 Å². The van der Waals surface area contributed by atoms with Crippen LogP contribution in [0.4, 0.5) is 4.39 Å². The third-order valence-electron chi connectivity index (χ3n) is 5.18. The highest BCUT2D eigenvalue weighted by Crippen LogP contribution is 2.37. The van der Waals surface area contributed by atoms with Crippen molar-refractivity contribution in [2.24, 2.45) is 17.6 Å². The van der Waals surface area contributed by atoms with Crippen LogP contribution in [0.3, 0.4) is 0 Å². The molecule has 132 valence electrons. The molecule has 5 nitrogen and oxygen atoms in total. The quantitative estimate of drug-likeness (QED) is 0.805. The van der Waals surface area contributed by atoms with E-state index in [1.807, 2.05) is 4.90 Å². The number of ether oxygens (including phenoxy) is 2.